The molecule has 1 aromatic heterocycles. The van der Waals surface area contributed by atoms with Gasteiger partial charge in [-0.1, -0.05) is 25.1 Å². The van der Waals surface area contributed by atoms with Crippen LogP contribution in [0.2, 0.25) is 0 Å². The van der Waals surface area contributed by atoms with Crippen molar-refractivity contribution in [3.63, 3.8) is 0 Å². The Morgan fingerprint density at radius 2 is 2.08 bits per heavy atom. The third kappa shape index (κ3) is 3.97. The normalized spacial score (nSPS) is 16.5. The van der Waals surface area contributed by atoms with E-state index in [2.05, 4.69) is 18.3 Å². The fourth-order valence-corrected chi connectivity index (χ4v) is 5.76. The van der Waals surface area contributed by atoms with Crippen LogP contribution < -0.4 is 5.32 Å². The van der Waals surface area contributed by atoms with E-state index in [0.717, 1.165) is 29.7 Å². The highest BCUT2D eigenvalue weighted by atomic mass is 32.2. The zero-order valence-corrected chi connectivity index (χ0v) is 16.1. The molecule has 0 saturated carbocycles. The molecule has 5 nitrogen and oxygen atoms in total. The average molecular weight is 389 g/mol. The Hall–Kier alpha value is -2.17. The van der Waals surface area contributed by atoms with E-state index in [-0.39, 0.29) is 23.0 Å². The predicted molar refractivity (Wildman–Crippen MR) is 102 cm³/mol. The van der Waals surface area contributed by atoms with Crippen molar-refractivity contribution in [1.82, 2.24) is 0 Å². The maximum absolute atomic E-state index is 12.3. The summed E-state index contributed by atoms with van der Waals surface area (Å²) in [5.41, 5.74) is 1.58. The molecule has 0 spiro atoms. The first-order chi connectivity index (χ1) is 12.4. The Labute approximate surface area is 157 Å². The Bertz CT molecular complexity index is 957. The van der Waals surface area contributed by atoms with E-state index in [1.54, 1.807) is 18.2 Å². The Kier molecular flexibility index (Phi) is 5.44. The van der Waals surface area contributed by atoms with Crippen LogP contribution in [0.1, 0.15) is 35.8 Å². The van der Waals surface area contributed by atoms with E-state index in [1.165, 1.54) is 23.5 Å². The molecule has 1 aromatic carbocycles. The second kappa shape index (κ2) is 7.60. The van der Waals surface area contributed by atoms with Gasteiger partial charge in [-0.05, 0) is 42.9 Å². The quantitative estimate of drug-likeness (QED) is 0.848. The molecule has 1 aliphatic carbocycles. The summed E-state index contributed by atoms with van der Waals surface area (Å²) < 4.78 is 24.6. The number of amides is 1. The number of hydrogen-bond acceptors (Lipinski definition) is 5. The minimum atomic E-state index is -3.50. The van der Waals surface area contributed by atoms with Crippen LogP contribution >= 0.6 is 11.3 Å². The van der Waals surface area contributed by atoms with Gasteiger partial charge < -0.3 is 5.32 Å². The van der Waals surface area contributed by atoms with Crippen molar-refractivity contribution in [2.24, 2.45) is 5.92 Å². The number of fused-ring (bicyclic) bond motifs is 1. The number of rotatable bonds is 5. The predicted octanol–water partition coefficient (Wildman–Crippen LogP) is 3.55. The summed E-state index contributed by atoms with van der Waals surface area (Å²) in [6.45, 7) is 2.18. The van der Waals surface area contributed by atoms with Gasteiger partial charge in [0.15, 0.2) is 9.84 Å². The number of sulfone groups is 1. The van der Waals surface area contributed by atoms with Gasteiger partial charge >= 0.3 is 0 Å². The minimum Gasteiger partial charge on any atom is -0.317 e. The number of benzene rings is 1. The third-order valence-electron chi connectivity index (χ3n) is 4.58. The largest absolute Gasteiger partial charge is 0.317 e. The van der Waals surface area contributed by atoms with Crippen LogP contribution in [0.3, 0.4) is 0 Å². The molecule has 3 rings (SSSR count). The summed E-state index contributed by atoms with van der Waals surface area (Å²) in [4.78, 5) is 13.6. The Morgan fingerprint density at radius 1 is 1.35 bits per heavy atom. The zero-order valence-electron chi connectivity index (χ0n) is 14.5. The van der Waals surface area contributed by atoms with Crippen LogP contribution in [0, 0.1) is 17.2 Å². The fourth-order valence-electron chi connectivity index (χ4n) is 3.12. The van der Waals surface area contributed by atoms with Gasteiger partial charge in [-0.2, -0.15) is 5.26 Å². The molecule has 0 fully saturated rings. The minimum absolute atomic E-state index is 0.138. The van der Waals surface area contributed by atoms with E-state index in [1.807, 2.05) is 0 Å². The molecule has 0 radical (unpaired) electrons. The van der Waals surface area contributed by atoms with Crippen molar-refractivity contribution in [3.05, 3.63) is 46.3 Å². The standard InChI is InChI=1S/C19H20N2O3S2/c1-13-7-8-15-16(12-20)19(25-17(15)11-13)21-18(22)9-10-26(23,24)14-5-3-2-4-6-14/h2-6,13H,7-11H2,1H3,(H,21,22)/t13-/m0/s1. The number of carbonyl (C=O) groups is 1. The lowest BCUT2D eigenvalue weighted by Crippen LogP contribution is -2.17. The van der Waals surface area contributed by atoms with Gasteiger partial charge in [0.05, 0.1) is 16.2 Å². The van der Waals surface area contributed by atoms with Crippen molar-refractivity contribution in [3.8, 4) is 6.07 Å². The summed E-state index contributed by atoms with van der Waals surface area (Å²) in [6, 6.07) is 10.3. The molecule has 1 aliphatic rings. The van der Waals surface area contributed by atoms with E-state index < -0.39 is 9.84 Å². The van der Waals surface area contributed by atoms with Crippen molar-refractivity contribution >= 4 is 32.1 Å². The van der Waals surface area contributed by atoms with Crippen LogP contribution in [-0.2, 0) is 27.5 Å². The number of carbonyl (C=O) groups excluding carboxylic acids is 1. The highest BCUT2D eigenvalue weighted by Gasteiger charge is 2.25. The molecule has 26 heavy (non-hydrogen) atoms. The number of nitrogens with one attached hydrogen (secondary N) is 1. The van der Waals surface area contributed by atoms with E-state index in [0.29, 0.717) is 16.5 Å². The van der Waals surface area contributed by atoms with Crippen molar-refractivity contribution in [2.75, 3.05) is 11.1 Å². The number of anilines is 1. The van der Waals surface area contributed by atoms with Crippen LogP contribution in [0.15, 0.2) is 35.2 Å². The first-order valence-corrected chi connectivity index (χ1v) is 11.0. The molecule has 0 saturated heterocycles. The smallest absolute Gasteiger partial charge is 0.226 e. The summed E-state index contributed by atoms with van der Waals surface area (Å²) >= 11 is 1.44. The number of nitrogens with zero attached hydrogens (tertiary/aromatic N) is 1. The van der Waals surface area contributed by atoms with Crippen molar-refractivity contribution < 1.29 is 13.2 Å². The molecule has 0 unspecified atom stereocenters. The van der Waals surface area contributed by atoms with Gasteiger partial charge in [-0.3, -0.25) is 4.79 Å². The summed E-state index contributed by atoms with van der Waals surface area (Å²) in [5, 5.41) is 12.8. The Balaban J connectivity index is 1.69. The molecule has 0 bridgehead atoms. The fraction of sp³-hybridized carbons (Fsp3) is 0.368. The molecule has 1 atom stereocenters. The highest BCUT2D eigenvalue weighted by molar-refractivity contribution is 7.91. The lowest BCUT2D eigenvalue weighted by atomic mass is 9.89. The monoisotopic (exact) mass is 388 g/mol. The van der Waals surface area contributed by atoms with E-state index >= 15 is 0 Å². The molecular weight excluding hydrogens is 368 g/mol. The van der Waals surface area contributed by atoms with E-state index in [4.69, 9.17) is 0 Å². The Morgan fingerprint density at radius 3 is 2.77 bits per heavy atom. The molecule has 1 amide bonds. The highest BCUT2D eigenvalue weighted by Crippen LogP contribution is 2.39. The molecular formula is C19H20N2O3S2. The lowest BCUT2D eigenvalue weighted by Gasteiger charge is -2.17. The van der Waals surface area contributed by atoms with Gasteiger partial charge in [-0.15, -0.1) is 11.3 Å². The maximum atomic E-state index is 12.3. The molecule has 136 valence electrons. The second-order valence-corrected chi connectivity index (χ2v) is 9.81. The summed E-state index contributed by atoms with van der Waals surface area (Å²) in [7, 11) is -3.50. The zero-order chi connectivity index (χ0) is 18.7. The SMILES string of the molecule is C[C@H]1CCc2c(sc(NC(=O)CCS(=O)(=O)c3ccccc3)c2C#N)C1. The topological polar surface area (TPSA) is 87.0 Å². The number of nitriles is 1. The van der Waals surface area contributed by atoms with Crippen LogP contribution in [-0.4, -0.2) is 20.1 Å². The number of thiophene rings is 1. The van der Waals surface area contributed by atoms with Crippen molar-refractivity contribution in [1.29, 1.82) is 5.26 Å². The van der Waals surface area contributed by atoms with Gasteiger partial charge in [0.25, 0.3) is 0 Å². The molecule has 2 aromatic rings. The van der Waals surface area contributed by atoms with Crippen molar-refractivity contribution in [2.45, 2.75) is 37.5 Å². The summed E-state index contributed by atoms with van der Waals surface area (Å²) in [5.74, 6) is -0.0627. The summed E-state index contributed by atoms with van der Waals surface area (Å²) in [6.07, 6.45) is 2.68. The molecule has 7 heteroatoms. The average Bonchev–Trinajstić information content (AvgIpc) is 2.96. The van der Waals surface area contributed by atoms with Gasteiger partial charge in [0.1, 0.15) is 11.1 Å². The van der Waals surface area contributed by atoms with Crippen LogP contribution in [0.5, 0.6) is 0 Å². The molecule has 0 aliphatic heterocycles. The van der Waals surface area contributed by atoms with E-state index in [9.17, 15) is 18.5 Å². The first-order valence-electron chi connectivity index (χ1n) is 8.53. The molecule has 1 N–H and O–H groups in total. The van der Waals surface area contributed by atoms with Gasteiger partial charge in [0, 0.05) is 11.3 Å². The molecule has 1 heterocycles. The number of hydrogen-bond donors (Lipinski definition) is 1. The first kappa shape index (κ1) is 18.6. The third-order valence-corrected chi connectivity index (χ3v) is 7.48. The maximum Gasteiger partial charge on any atom is 0.226 e. The van der Waals surface area contributed by atoms with Gasteiger partial charge in [0.2, 0.25) is 5.91 Å². The van der Waals surface area contributed by atoms with Crippen LogP contribution in [0.4, 0.5) is 5.00 Å². The van der Waals surface area contributed by atoms with Crippen LogP contribution in [0.25, 0.3) is 0 Å². The lowest BCUT2D eigenvalue weighted by molar-refractivity contribution is -0.115. The second-order valence-electron chi connectivity index (χ2n) is 6.60. The van der Waals surface area contributed by atoms with Gasteiger partial charge in [-0.25, -0.2) is 8.42 Å².